The van der Waals surface area contributed by atoms with Crippen LogP contribution in [0.2, 0.25) is 0 Å². The summed E-state index contributed by atoms with van der Waals surface area (Å²) in [5.41, 5.74) is -1.73. The molecule has 9 heteroatoms. The Morgan fingerprint density at radius 1 is 1.36 bits per heavy atom. The van der Waals surface area contributed by atoms with E-state index in [1.54, 1.807) is 24.0 Å². The number of aliphatic carboxylic acids is 1. The highest BCUT2D eigenvalue weighted by molar-refractivity contribution is 5.76. The maximum atomic E-state index is 13.2. The number of carbonyl (C=O) groups is 1. The van der Waals surface area contributed by atoms with Gasteiger partial charge >= 0.3 is 12.1 Å². The molecule has 6 nitrogen and oxygen atoms in total. The Morgan fingerprint density at radius 3 is 2.68 bits per heavy atom. The predicted octanol–water partition coefficient (Wildman–Crippen LogP) is 2.86. The van der Waals surface area contributed by atoms with Crippen LogP contribution in [-0.4, -0.2) is 39.1 Å². The van der Waals surface area contributed by atoms with Crippen LogP contribution < -0.4 is 4.90 Å². The molecule has 1 aliphatic rings. The molecule has 25 heavy (non-hydrogen) atoms. The minimum Gasteiger partial charge on any atom is -0.481 e. The lowest BCUT2D eigenvalue weighted by molar-refractivity contribution is -0.146. The lowest BCUT2D eigenvalue weighted by Gasteiger charge is -2.22. The van der Waals surface area contributed by atoms with E-state index in [9.17, 15) is 23.1 Å². The van der Waals surface area contributed by atoms with Crippen molar-refractivity contribution in [1.29, 1.82) is 0 Å². The fraction of sp³-hybridized carbons (Fsp3) is 0.375. The molecule has 1 unspecified atom stereocenters. The number of rotatable bonds is 3. The topological polar surface area (TPSA) is 79.2 Å². The molecule has 3 rings (SSSR count). The number of carboxylic acid groups (broad SMARTS) is 1. The van der Waals surface area contributed by atoms with E-state index >= 15 is 0 Å². The molecule has 1 saturated heterocycles. The minimum absolute atomic E-state index is 0.0613. The van der Waals surface area contributed by atoms with Crippen LogP contribution >= 0.6 is 0 Å². The lowest BCUT2D eigenvalue weighted by atomic mass is 9.90. The second kappa shape index (κ2) is 5.98. The second-order valence-corrected chi connectivity index (χ2v) is 6.21. The van der Waals surface area contributed by atoms with Gasteiger partial charge in [-0.05, 0) is 25.5 Å². The summed E-state index contributed by atoms with van der Waals surface area (Å²) in [6.07, 6.45) is -1.43. The van der Waals surface area contributed by atoms with Crippen molar-refractivity contribution in [3.8, 4) is 11.4 Å². The van der Waals surface area contributed by atoms with Crippen molar-refractivity contribution >= 4 is 11.8 Å². The van der Waals surface area contributed by atoms with Crippen LogP contribution in [0.1, 0.15) is 19.0 Å². The van der Waals surface area contributed by atoms with E-state index in [2.05, 4.69) is 15.0 Å². The lowest BCUT2D eigenvalue weighted by Crippen LogP contribution is -2.32. The van der Waals surface area contributed by atoms with Crippen LogP contribution in [0.5, 0.6) is 0 Å². The molecule has 2 aromatic heterocycles. The number of hydrogen-bond acceptors (Lipinski definition) is 5. The smallest absolute Gasteiger partial charge is 0.433 e. The van der Waals surface area contributed by atoms with Gasteiger partial charge in [0.1, 0.15) is 5.82 Å². The molecule has 3 heterocycles. The van der Waals surface area contributed by atoms with E-state index in [1.165, 1.54) is 12.4 Å². The maximum Gasteiger partial charge on any atom is 0.433 e. The normalized spacial score (nSPS) is 20.7. The number of anilines is 1. The van der Waals surface area contributed by atoms with Crippen molar-refractivity contribution in [3.63, 3.8) is 0 Å². The largest absolute Gasteiger partial charge is 0.481 e. The quantitative estimate of drug-likeness (QED) is 0.915. The minimum atomic E-state index is -4.63. The van der Waals surface area contributed by atoms with Crippen LogP contribution in [-0.2, 0) is 11.0 Å². The zero-order chi connectivity index (χ0) is 18.2. The van der Waals surface area contributed by atoms with Gasteiger partial charge in [0.2, 0.25) is 0 Å². The number of aromatic nitrogens is 3. The van der Waals surface area contributed by atoms with Crippen molar-refractivity contribution < 1.29 is 23.1 Å². The van der Waals surface area contributed by atoms with Gasteiger partial charge in [0, 0.05) is 37.1 Å². The molecule has 0 radical (unpaired) electrons. The summed E-state index contributed by atoms with van der Waals surface area (Å²) in [5.74, 6) is -1.01. The molecule has 0 spiro atoms. The molecular formula is C16H15F3N4O2. The average molecular weight is 352 g/mol. The van der Waals surface area contributed by atoms with E-state index < -0.39 is 23.3 Å². The summed E-state index contributed by atoms with van der Waals surface area (Å²) in [4.78, 5) is 24.6. The highest BCUT2D eigenvalue weighted by Crippen LogP contribution is 2.36. The first-order valence-corrected chi connectivity index (χ1v) is 7.54. The van der Waals surface area contributed by atoms with Crippen LogP contribution in [0.15, 0.2) is 30.6 Å². The van der Waals surface area contributed by atoms with Crippen molar-refractivity contribution in [2.24, 2.45) is 5.41 Å². The third kappa shape index (κ3) is 3.40. The fourth-order valence-electron chi connectivity index (χ4n) is 2.70. The van der Waals surface area contributed by atoms with E-state index in [4.69, 9.17) is 0 Å². The maximum absolute atomic E-state index is 13.2. The van der Waals surface area contributed by atoms with Crippen LogP contribution in [0.3, 0.4) is 0 Å². The zero-order valence-corrected chi connectivity index (χ0v) is 13.3. The number of alkyl halides is 3. The number of halogens is 3. The van der Waals surface area contributed by atoms with Gasteiger partial charge in [-0.1, -0.05) is 0 Å². The van der Waals surface area contributed by atoms with Crippen LogP contribution in [0.4, 0.5) is 19.0 Å². The predicted molar refractivity (Wildman–Crippen MR) is 82.8 cm³/mol. The Balaban J connectivity index is 2.04. The molecule has 0 aliphatic carbocycles. The standard InChI is InChI=1S/C16H15F3N4O2/c1-15(14(24)25)4-6-23(9-15)12-7-11(16(17,18)19)21-13(22-12)10-3-2-5-20-8-10/h2-3,5,7-8H,4,6,9H2,1H3,(H,24,25). The van der Waals surface area contributed by atoms with Gasteiger partial charge in [0.25, 0.3) is 0 Å². The van der Waals surface area contributed by atoms with E-state index in [1.807, 2.05) is 0 Å². The van der Waals surface area contributed by atoms with Crippen molar-refractivity contribution in [3.05, 3.63) is 36.3 Å². The molecule has 2 aromatic rings. The van der Waals surface area contributed by atoms with Gasteiger partial charge in [0.15, 0.2) is 11.5 Å². The monoisotopic (exact) mass is 352 g/mol. The zero-order valence-electron chi connectivity index (χ0n) is 13.3. The number of carboxylic acids is 1. The molecule has 1 N–H and O–H groups in total. The molecule has 1 fully saturated rings. The first kappa shape index (κ1) is 17.1. The van der Waals surface area contributed by atoms with Crippen molar-refractivity contribution in [2.45, 2.75) is 19.5 Å². The Kier molecular flexibility index (Phi) is 4.09. The summed E-state index contributed by atoms with van der Waals surface area (Å²) in [7, 11) is 0. The van der Waals surface area contributed by atoms with Gasteiger partial charge in [-0.15, -0.1) is 0 Å². The van der Waals surface area contributed by atoms with Crippen molar-refractivity contribution in [1.82, 2.24) is 15.0 Å². The molecule has 0 bridgehead atoms. The second-order valence-electron chi connectivity index (χ2n) is 6.21. The Labute approximate surface area is 141 Å². The third-order valence-corrected chi connectivity index (χ3v) is 4.24. The number of nitrogens with zero attached hydrogens (tertiary/aromatic N) is 4. The van der Waals surface area contributed by atoms with Gasteiger partial charge < -0.3 is 10.0 Å². The number of hydrogen-bond donors (Lipinski definition) is 1. The van der Waals surface area contributed by atoms with Crippen LogP contribution in [0, 0.1) is 5.41 Å². The highest BCUT2D eigenvalue weighted by atomic mass is 19.4. The third-order valence-electron chi connectivity index (χ3n) is 4.24. The average Bonchev–Trinajstić information content (AvgIpc) is 2.98. The van der Waals surface area contributed by atoms with Crippen molar-refractivity contribution in [2.75, 3.05) is 18.0 Å². The van der Waals surface area contributed by atoms with Gasteiger partial charge in [-0.3, -0.25) is 9.78 Å². The Hall–Kier alpha value is -2.71. The SMILES string of the molecule is CC1(C(=O)O)CCN(c2cc(C(F)(F)F)nc(-c3cccnc3)n2)C1. The molecule has 1 atom stereocenters. The summed E-state index contributed by atoms with van der Waals surface area (Å²) in [6, 6.07) is 4.00. The van der Waals surface area contributed by atoms with E-state index in [-0.39, 0.29) is 18.2 Å². The summed E-state index contributed by atoms with van der Waals surface area (Å²) in [6.45, 7) is 1.97. The molecule has 0 aromatic carbocycles. The van der Waals surface area contributed by atoms with Crippen LogP contribution in [0.25, 0.3) is 11.4 Å². The first-order valence-electron chi connectivity index (χ1n) is 7.54. The molecule has 0 amide bonds. The summed E-state index contributed by atoms with van der Waals surface area (Å²) < 4.78 is 39.6. The first-order chi connectivity index (χ1) is 11.7. The number of pyridine rings is 1. The van der Waals surface area contributed by atoms with Gasteiger partial charge in [0.05, 0.1) is 5.41 Å². The molecule has 1 aliphatic heterocycles. The summed E-state index contributed by atoms with van der Waals surface area (Å²) in [5, 5.41) is 9.31. The fourth-order valence-corrected chi connectivity index (χ4v) is 2.70. The molecule has 132 valence electrons. The van der Waals surface area contributed by atoms with Gasteiger partial charge in [-0.2, -0.15) is 13.2 Å². The molecule has 0 saturated carbocycles. The molecular weight excluding hydrogens is 337 g/mol. The summed E-state index contributed by atoms with van der Waals surface area (Å²) >= 11 is 0. The highest BCUT2D eigenvalue weighted by Gasteiger charge is 2.42. The Morgan fingerprint density at radius 2 is 2.12 bits per heavy atom. The van der Waals surface area contributed by atoms with E-state index in [0.717, 1.165) is 6.07 Å². The van der Waals surface area contributed by atoms with E-state index in [0.29, 0.717) is 18.5 Å². The van der Waals surface area contributed by atoms with Gasteiger partial charge in [-0.25, -0.2) is 9.97 Å². The Bertz CT molecular complexity index is 798.